The van der Waals surface area contributed by atoms with Crippen molar-refractivity contribution in [1.29, 1.82) is 0 Å². The maximum Gasteiger partial charge on any atom is 0.0519 e. The van der Waals surface area contributed by atoms with Crippen LogP contribution in [-0.4, -0.2) is 7.05 Å². The van der Waals surface area contributed by atoms with Crippen LogP contribution in [0.5, 0.6) is 0 Å². The fourth-order valence-corrected chi connectivity index (χ4v) is 3.25. The van der Waals surface area contributed by atoms with Crippen molar-refractivity contribution < 1.29 is 0 Å². The Hall–Kier alpha value is -0.800. The Kier molecular flexibility index (Phi) is 4.24. The molecule has 0 N–H and O–H groups in total. The maximum absolute atomic E-state index is 3.49. The third-order valence-corrected chi connectivity index (χ3v) is 4.48. The minimum Gasteiger partial charge on any atom is -0.369 e. The number of thiophene rings is 1. The summed E-state index contributed by atoms with van der Waals surface area (Å²) in [7, 11) is 2.13. The molecule has 0 spiro atoms. The predicted octanol–water partition coefficient (Wildman–Crippen LogP) is 4.71. The second-order valence-electron chi connectivity index (χ2n) is 4.11. The van der Waals surface area contributed by atoms with Gasteiger partial charge in [-0.2, -0.15) is 0 Å². The lowest BCUT2D eigenvalue weighted by molar-refractivity contribution is 0.938. The van der Waals surface area contributed by atoms with Crippen LogP contribution < -0.4 is 4.90 Å². The van der Waals surface area contributed by atoms with Crippen LogP contribution in [0.4, 0.5) is 5.69 Å². The number of hydrogen-bond donors (Lipinski definition) is 0. The lowest BCUT2D eigenvalue weighted by atomic mass is 10.1. The molecule has 1 nitrogen and oxygen atoms in total. The molecular weight excluding hydrogens is 294 g/mol. The van der Waals surface area contributed by atoms with E-state index in [1.807, 2.05) is 0 Å². The first-order chi connectivity index (χ1) is 8.19. The maximum atomic E-state index is 3.49. The zero-order chi connectivity index (χ0) is 12.3. The Bertz CT molecular complexity index is 475. The van der Waals surface area contributed by atoms with Gasteiger partial charge in [-0.25, -0.2) is 0 Å². The standard InChI is InChI=1S/C14H16BrNS/c1-3-11-4-6-13(7-5-11)16(2)9-14-8-12(15)10-17-14/h4-8,10H,3,9H2,1-2H3. The van der Waals surface area contributed by atoms with Gasteiger partial charge in [0.25, 0.3) is 0 Å². The van der Waals surface area contributed by atoms with Crippen molar-refractivity contribution in [3.8, 4) is 0 Å². The van der Waals surface area contributed by atoms with E-state index in [1.54, 1.807) is 11.3 Å². The lowest BCUT2D eigenvalue weighted by Crippen LogP contribution is -2.15. The van der Waals surface area contributed by atoms with Crippen LogP contribution in [0.15, 0.2) is 40.2 Å². The second kappa shape index (κ2) is 5.69. The van der Waals surface area contributed by atoms with Crippen LogP contribution in [0.25, 0.3) is 0 Å². The van der Waals surface area contributed by atoms with E-state index >= 15 is 0 Å². The van der Waals surface area contributed by atoms with Crippen LogP contribution in [0, 0.1) is 0 Å². The van der Waals surface area contributed by atoms with Gasteiger partial charge in [-0.05, 0) is 46.1 Å². The molecule has 0 aliphatic heterocycles. The number of rotatable bonds is 4. The van der Waals surface area contributed by atoms with E-state index in [2.05, 4.69) is 70.5 Å². The predicted molar refractivity (Wildman–Crippen MR) is 79.9 cm³/mol. The first-order valence-corrected chi connectivity index (χ1v) is 7.39. The van der Waals surface area contributed by atoms with Gasteiger partial charge in [-0.1, -0.05) is 19.1 Å². The van der Waals surface area contributed by atoms with E-state index in [1.165, 1.54) is 20.6 Å². The van der Waals surface area contributed by atoms with Crippen molar-refractivity contribution in [3.05, 3.63) is 50.6 Å². The molecule has 0 fully saturated rings. The molecule has 2 aromatic rings. The van der Waals surface area contributed by atoms with Crippen molar-refractivity contribution in [1.82, 2.24) is 0 Å². The lowest BCUT2D eigenvalue weighted by Gasteiger charge is -2.18. The summed E-state index contributed by atoms with van der Waals surface area (Å²) in [5.74, 6) is 0. The number of aryl methyl sites for hydroxylation is 1. The zero-order valence-electron chi connectivity index (χ0n) is 10.1. The highest BCUT2D eigenvalue weighted by molar-refractivity contribution is 9.10. The molecule has 0 unspecified atom stereocenters. The summed E-state index contributed by atoms with van der Waals surface area (Å²) >= 11 is 5.28. The number of anilines is 1. The van der Waals surface area contributed by atoms with Gasteiger partial charge in [-0.3, -0.25) is 0 Å². The molecule has 1 aromatic heterocycles. The van der Waals surface area contributed by atoms with Crippen LogP contribution in [-0.2, 0) is 13.0 Å². The molecule has 1 heterocycles. The summed E-state index contributed by atoms with van der Waals surface area (Å²) < 4.78 is 1.17. The van der Waals surface area contributed by atoms with Crippen molar-refractivity contribution in [2.45, 2.75) is 19.9 Å². The van der Waals surface area contributed by atoms with Crippen LogP contribution in [0.1, 0.15) is 17.4 Å². The number of halogens is 1. The first-order valence-electron chi connectivity index (χ1n) is 5.72. The van der Waals surface area contributed by atoms with E-state index in [-0.39, 0.29) is 0 Å². The minimum absolute atomic E-state index is 0.960. The molecule has 1 aromatic carbocycles. The molecule has 0 saturated heterocycles. The third kappa shape index (κ3) is 3.33. The molecule has 17 heavy (non-hydrogen) atoms. The van der Waals surface area contributed by atoms with Gasteiger partial charge >= 0.3 is 0 Å². The molecule has 0 bridgehead atoms. The van der Waals surface area contributed by atoms with Gasteiger partial charge in [0.1, 0.15) is 0 Å². The highest BCUT2D eigenvalue weighted by Gasteiger charge is 2.04. The average molecular weight is 310 g/mol. The summed E-state index contributed by atoms with van der Waals surface area (Å²) in [6.07, 6.45) is 1.10. The molecule has 0 aliphatic rings. The SMILES string of the molecule is CCc1ccc(N(C)Cc2cc(Br)cs2)cc1. The van der Waals surface area contributed by atoms with E-state index in [4.69, 9.17) is 0 Å². The molecular formula is C14H16BrNS. The minimum atomic E-state index is 0.960. The molecule has 3 heteroatoms. The Morgan fingerprint density at radius 3 is 2.47 bits per heavy atom. The highest BCUT2D eigenvalue weighted by Crippen LogP contribution is 2.23. The van der Waals surface area contributed by atoms with Crippen molar-refractivity contribution in [3.63, 3.8) is 0 Å². The Morgan fingerprint density at radius 1 is 1.24 bits per heavy atom. The third-order valence-electron chi connectivity index (χ3n) is 2.80. The van der Waals surface area contributed by atoms with Gasteiger partial charge in [0.15, 0.2) is 0 Å². The van der Waals surface area contributed by atoms with Crippen molar-refractivity contribution in [2.75, 3.05) is 11.9 Å². The molecule has 90 valence electrons. The topological polar surface area (TPSA) is 3.24 Å². The van der Waals surface area contributed by atoms with E-state index < -0.39 is 0 Å². The second-order valence-corrected chi connectivity index (χ2v) is 6.02. The Morgan fingerprint density at radius 2 is 1.94 bits per heavy atom. The van der Waals surface area contributed by atoms with Crippen LogP contribution in [0.3, 0.4) is 0 Å². The number of nitrogens with zero attached hydrogens (tertiary/aromatic N) is 1. The Balaban J connectivity index is 2.06. The molecule has 0 radical (unpaired) electrons. The smallest absolute Gasteiger partial charge is 0.0519 e. The van der Waals surface area contributed by atoms with Crippen molar-refractivity contribution in [2.24, 2.45) is 0 Å². The quantitative estimate of drug-likeness (QED) is 0.790. The summed E-state index contributed by atoms with van der Waals surface area (Å²) in [6, 6.07) is 11.0. The molecule has 0 saturated carbocycles. The van der Waals surface area contributed by atoms with E-state index in [0.717, 1.165) is 13.0 Å². The van der Waals surface area contributed by atoms with E-state index in [0.29, 0.717) is 0 Å². The Labute approximate surface area is 115 Å². The summed E-state index contributed by atoms with van der Waals surface area (Å²) in [5.41, 5.74) is 2.66. The van der Waals surface area contributed by atoms with Gasteiger partial charge in [0.2, 0.25) is 0 Å². The van der Waals surface area contributed by atoms with E-state index in [9.17, 15) is 0 Å². The molecule has 0 amide bonds. The first kappa shape index (κ1) is 12.7. The fraction of sp³-hybridized carbons (Fsp3) is 0.286. The van der Waals surface area contributed by atoms with Gasteiger partial charge in [0, 0.05) is 27.5 Å². The monoisotopic (exact) mass is 309 g/mol. The van der Waals surface area contributed by atoms with Gasteiger partial charge in [0.05, 0.1) is 6.54 Å². The van der Waals surface area contributed by atoms with Crippen LogP contribution in [0.2, 0.25) is 0 Å². The normalized spacial score (nSPS) is 10.5. The largest absolute Gasteiger partial charge is 0.369 e. The number of hydrogen-bond acceptors (Lipinski definition) is 2. The van der Waals surface area contributed by atoms with Crippen molar-refractivity contribution >= 4 is 33.0 Å². The average Bonchev–Trinajstić information content (AvgIpc) is 2.75. The molecule has 0 atom stereocenters. The zero-order valence-corrected chi connectivity index (χ0v) is 12.5. The fourth-order valence-electron chi connectivity index (χ4n) is 1.75. The summed E-state index contributed by atoms with van der Waals surface area (Å²) in [6.45, 7) is 3.14. The number of benzene rings is 1. The summed E-state index contributed by atoms with van der Waals surface area (Å²) in [5, 5.41) is 2.13. The highest BCUT2D eigenvalue weighted by atomic mass is 79.9. The molecule has 2 rings (SSSR count). The van der Waals surface area contributed by atoms with Crippen LogP contribution >= 0.6 is 27.3 Å². The van der Waals surface area contributed by atoms with Gasteiger partial charge < -0.3 is 4.90 Å². The molecule has 0 aliphatic carbocycles. The van der Waals surface area contributed by atoms with Gasteiger partial charge in [-0.15, -0.1) is 11.3 Å². The summed E-state index contributed by atoms with van der Waals surface area (Å²) in [4.78, 5) is 3.65.